The maximum absolute atomic E-state index is 12.3. The van der Waals surface area contributed by atoms with Crippen LogP contribution in [0.1, 0.15) is 5.56 Å². The number of nitrogens with zero attached hydrogens (tertiary/aromatic N) is 2. The SMILES string of the molecule is Cc1cccc(N2CCN(C(=O)COc3ccccc3)CC2)c1. The van der Waals surface area contributed by atoms with Crippen LogP contribution in [0, 0.1) is 6.92 Å². The summed E-state index contributed by atoms with van der Waals surface area (Å²) < 4.78 is 5.54. The number of rotatable bonds is 4. The summed E-state index contributed by atoms with van der Waals surface area (Å²) in [6, 6.07) is 18.0. The first kappa shape index (κ1) is 15.4. The van der Waals surface area contributed by atoms with Crippen molar-refractivity contribution < 1.29 is 9.53 Å². The van der Waals surface area contributed by atoms with Crippen LogP contribution in [-0.2, 0) is 4.79 Å². The molecule has 0 saturated carbocycles. The zero-order valence-corrected chi connectivity index (χ0v) is 13.4. The minimum atomic E-state index is 0.0535. The second-order valence-corrected chi connectivity index (χ2v) is 5.81. The van der Waals surface area contributed by atoms with Gasteiger partial charge in [-0.05, 0) is 36.8 Å². The van der Waals surface area contributed by atoms with Gasteiger partial charge in [0.1, 0.15) is 5.75 Å². The van der Waals surface area contributed by atoms with Gasteiger partial charge in [-0.1, -0.05) is 30.3 Å². The average molecular weight is 310 g/mol. The maximum Gasteiger partial charge on any atom is 0.260 e. The van der Waals surface area contributed by atoms with Crippen molar-refractivity contribution in [2.45, 2.75) is 6.92 Å². The summed E-state index contributed by atoms with van der Waals surface area (Å²) in [4.78, 5) is 16.5. The van der Waals surface area contributed by atoms with Gasteiger partial charge in [-0.25, -0.2) is 0 Å². The fourth-order valence-corrected chi connectivity index (χ4v) is 2.79. The molecule has 4 nitrogen and oxygen atoms in total. The summed E-state index contributed by atoms with van der Waals surface area (Å²) in [6.45, 7) is 5.41. The van der Waals surface area contributed by atoms with Gasteiger partial charge in [0.15, 0.2) is 6.61 Å². The molecule has 1 amide bonds. The van der Waals surface area contributed by atoms with Crippen molar-refractivity contribution in [1.29, 1.82) is 0 Å². The minimum absolute atomic E-state index is 0.0535. The first-order chi connectivity index (χ1) is 11.2. The van der Waals surface area contributed by atoms with E-state index >= 15 is 0 Å². The van der Waals surface area contributed by atoms with Gasteiger partial charge in [0.25, 0.3) is 5.91 Å². The van der Waals surface area contributed by atoms with E-state index in [2.05, 4.69) is 36.1 Å². The molecule has 0 bridgehead atoms. The molecule has 0 aromatic heterocycles. The van der Waals surface area contributed by atoms with Crippen LogP contribution in [0.5, 0.6) is 5.75 Å². The Kier molecular flexibility index (Phi) is 4.81. The van der Waals surface area contributed by atoms with Gasteiger partial charge in [-0.2, -0.15) is 0 Å². The highest BCUT2D eigenvalue weighted by Gasteiger charge is 2.21. The van der Waals surface area contributed by atoms with E-state index in [0.29, 0.717) is 0 Å². The third-order valence-electron chi connectivity index (χ3n) is 4.10. The van der Waals surface area contributed by atoms with E-state index in [9.17, 15) is 4.79 Å². The first-order valence-corrected chi connectivity index (χ1v) is 7.99. The van der Waals surface area contributed by atoms with Gasteiger partial charge in [0.2, 0.25) is 0 Å². The van der Waals surface area contributed by atoms with Crippen LogP contribution in [0.15, 0.2) is 54.6 Å². The predicted molar refractivity (Wildman–Crippen MR) is 91.9 cm³/mol. The summed E-state index contributed by atoms with van der Waals surface area (Å²) >= 11 is 0. The third-order valence-corrected chi connectivity index (χ3v) is 4.10. The normalized spacial score (nSPS) is 14.7. The molecule has 3 rings (SSSR count). The Labute approximate surface area is 137 Å². The summed E-state index contributed by atoms with van der Waals surface area (Å²) in [6.07, 6.45) is 0. The molecule has 0 aliphatic carbocycles. The number of ether oxygens (including phenoxy) is 1. The minimum Gasteiger partial charge on any atom is -0.484 e. The lowest BCUT2D eigenvalue weighted by Gasteiger charge is -2.36. The van der Waals surface area contributed by atoms with Crippen molar-refractivity contribution in [3.63, 3.8) is 0 Å². The Hall–Kier alpha value is -2.49. The molecular formula is C19H22N2O2. The van der Waals surface area contributed by atoms with Gasteiger partial charge in [-0.3, -0.25) is 4.79 Å². The highest BCUT2D eigenvalue weighted by Crippen LogP contribution is 2.18. The zero-order chi connectivity index (χ0) is 16.1. The summed E-state index contributed by atoms with van der Waals surface area (Å²) in [5.41, 5.74) is 2.50. The molecule has 2 aromatic rings. The van der Waals surface area contributed by atoms with Crippen LogP contribution in [0.25, 0.3) is 0 Å². The van der Waals surface area contributed by atoms with Crippen LogP contribution in [0.3, 0.4) is 0 Å². The molecule has 1 saturated heterocycles. The predicted octanol–water partition coefficient (Wildman–Crippen LogP) is 2.72. The van der Waals surface area contributed by atoms with E-state index in [-0.39, 0.29) is 12.5 Å². The highest BCUT2D eigenvalue weighted by atomic mass is 16.5. The van der Waals surface area contributed by atoms with Gasteiger partial charge in [0, 0.05) is 31.9 Å². The molecule has 0 spiro atoms. The highest BCUT2D eigenvalue weighted by molar-refractivity contribution is 5.78. The number of anilines is 1. The van der Waals surface area contributed by atoms with Gasteiger partial charge >= 0.3 is 0 Å². The lowest BCUT2D eigenvalue weighted by molar-refractivity contribution is -0.133. The summed E-state index contributed by atoms with van der Waals surface area (Å²) in [5, 5.41) is 0. The topological polar surface area (TPSA) is 32.8 Å². The molecular weight excluding hydrogens is 288 g/mol. The van der Waals surface area contributed by atoms with Crippen molar-refractivity contribution in [2.24, 2.45) is 0 Å². The monoisotopic (exact) mass is 310 g/mol. The largest absolute Gasteiger partial charge is 0.484 e. The molecule has 4 heteroatoms. The van der Waals surface area contributed by atoms with Crippen LogP contribution in [-0.4, -0.2) is 43.6 Å². The Bertz CT molecular complexity index is 649. The average Bonchev–Trinajstić information content (AvgIpc) is 2.61. The van der Waals surface area contributed by atoms with Crippen LogP contribution < -0.4 is 9.64 Å². The molecule has 120 valence electrons. The smallest absolute Gasteiger partial charge is 0.260 e. The van der Waals surface area contributed by atoms with Crippen LogP contribution in [0.2, 0.25) is 0 Å². The third kappa shape index (κ3) is 4.03. The van der Waals surface area contributed by atoms with E-state index in [1.807, 2.05) is 35.2 Å². The second-order valence-electron chi connectivity index (χ2n) is 5.81. The van der Waals surface area contributed by atoms with Crippen molar-refractivity contribution in [1.82, 2.24) is 4.90 Å². The number of benzene rings is 2. The van der Waals surface area contributed by atoms with E-state index in [0.717, 1.165) is 31.9 Å². The van der Waals surface area contributed by atoms with Crippen molar-refractivity contribution >= 4 is 11.6 Å². The van der Waals surface area contributed by atoms with Crippen molar-refractivity contribution in [3.05, 3.63) is 60.2 Å². The maximum atomic E-state index is 12.3. The second kappa shape index (κ2) is 7.18. The van der Waals surface area contributed by atoms with Gasteiger partial charge < -0.3 is 14.5 Å². The van der Waals surface area contributed by atoms with Gasteiger partial charge in [-0.15, -0.1) is 0 Å². The summed E-state index contributed by atoms with van der Waals surface area (Å²) in [7, 11) is 0. The molecule has 1 fully saturated rings. The molecule has 0 atom stereocenters. The number of para-hydroxylation sites is 1. The molecule has 2 aromatic carbocycles. The van der Waals surface area contributed by atoms with E-state index < -0.39 is 0 Å². The molecule has 1 aliphatic rings. The Morgan fingerprint density at radius 3 is 2.43 bits per heavy atom. The lowest BCUT2D eigenvalue weighted by atomic mass is 10.2. The zero-order valence-electron chi connectivity index (χ0n) is 13.4. The number of piperazine rings is 1. The summed E-state index contributed by atoms with van der Waals surface area (Å²) in [5.74, 6) is 0.789. The number of amides is 1. The van der Waals surface area contributed by atoms with Gasteiger partial charge in [0.05, 0.1) is 0 Å². The molecule has 1 heterocycles. The number of hydrogen-bond donors (Lipinski definition) is 0. The van der Waals surface area contributed by atoms with Crippen LogP contribution >= 0.6 is 0 Å². The van der Waals surface area contributed by atoms with E-state index in [1.165, 1.54) is 11.3 Å². The molecule has 0 radical (unpaired) electrons. The fourth-order valence-electron chi connectivity index (χ4n) is 2.79. The molecule has 23 heavy (non-hydrogen) atoms. The molecule has 0 N–H and O–H groups in total. The molecule has 0 unspecified atom stereocenters. The number of aryl methyl sites for hydroxylation is 1. The number of hydrogen-bond acceptors (Lipinski definition) is 3. The van der Waals surface area contributed by atoms with Crippen molar-refractivity contribution in [3.8, 4) is 5.75 Å². The Balaban J connectivity index is 1.49. The standard InChI is InChI=1S/C19H22N2O2/c1-16-6-5-7-17(14-16)20-10-12-21(13-11-20)19(22)15-23-18-8-3-2-4-9-18/h2-9,14H,10-13,15H2,1H3. The van der Waals surface area contributed by atoms with Crippen molar-refractivity contribution in [2.75, 3.05) is 37.7 Å². The van der Waals surface area contributed by atoms with Crippen LogP contribution in [0.4, 0.5) is 5.69 Å². The van der Waals surface area contributed by atoms with E-state index in [1.54, 1.807) is 0 Å². The van der Waals surface area contributed by atoms with E-state index in [4.69, 9.17) is 4.74 Å². The fraction of sp³-hybridized carbons (Fsp3) is 0.316. The Morgan fingerprint density at radius 1 is 1.00 bits per heavy atom. The lowest BCUT2D eigenvalue weighted by Crippen LogP contribution is -2.50. The number of carbonyl (C=O) groups is 1. The quantitative estimate of drug-likeness (QED) is 0.870. The Morgan fingerprint density at radius 2 is 1.74 bits per heavy atom. The molecule has 1 aliphatic heterocycles. The first-order valence-electron chi connectivity index (χ1n) is 7.99. The number of carbonyl (C=O) groups excluding carboxylic acids is 1.